The largest absolute Gasteiger partial charge is 0.419 e. The highest BCUT2D eigenvalue weighted by atomic mass is 19.4. The van der Waals surface area contributed by atoms with Crippen molar-refractivity contribution in [2.75, 3.05) is 5.32 Å². The van der Waals surface area contributed by atoms with E-state index in [0.717, 1.165) is 22.8 Å². The lowest BCUT2D eigenvalue weighted by Gasteiger charge is -2.13. The molecule has 0 aliphatic rings. The smallest absolute Gasteiger partial charge is 0.365 e. The average molecular weight is 329 g/mol. The molecule has 2 heterocycles. The van der Waals surface area contributed by atoms with Crippen LogP contribution in [0.1, 0.15) is 11.1 Å². The number of benzene rings is 1. The minimum Gasteiger partial charge on any atom is -0.365 e. The summed E-state index contributed by atoms with van der Waals surface area (Å²) in [6.45, 7) is 0.257. The first-order valence-electron chi connectivity index (χ1n) is 7.29. The van der Waals surface area contributed by atoms with Gasteiger partial charge in [0.05, 0.1) is 5.56 Å². The van der Waals surface area contributed by atoms with Crippen molar-refractivity contribution in [2.45, 2.75) is 12.7 Å². The minimum atomic E-state index is -4.43. The van der Waals surface area contributed by atoms with Crippen LogP contribution >= 0.6 is 0 Å². The SMILES string of the molecule is FC(F)(F)c1cccnc1NCc1ccc(-c2cccnc2)cc1. The van der Waals surface area contributed by atoms with Crippen LogP contribution in [0.4, 0.5) is 19.0 Å². The number of nitrogens with zero attached hydrogens (tertiary/aromatic N) is 2. The number of hydrogen-bond acceptors (Lipinski definition) is 3. The third-order valence-electron chi connectivity index (χ3n) is 3.52. The predicted molar refractivity (Wildman–Crippen MR) is 86.2 cm³/mol. The highest BCUT2D eigenvalue weighted by Crippen LogP contribution is 2.33. The summed E-state index contributed by atoms with van der Waals surface area (Å²) in [5.41, 5.74) is 2.08. The van der Waals surface area contributed by atoms with Crippen LogP contribution in [0.3, 0.4) is 0 Å². The highest BCUT2D eigenvalue weighted by Gasteiger charge is 2.33. The number of hydrogen-bond donors (Lipinski definition) is 1. The van der Waals surface area contributed by atoms with E-state index in [-0.39, 0.29) is 12.4 Å². The molecule has 1 N–H and O–H groups in total. The fraction of sp³-hybridized carbons (Fsp3) is 0.111. The van der Waals surface area contributed by atoms with Gasteiger partial charge in [0.25, 0.3) is 0 Å². The average Bonchev–Trinajstić information content (AvgIpc) is 2.61. The van der Waals surface area contributed by atoms with Gasteiger partial charge in [-0.2, -0.15) is 13.2 Å². The Labute approximate surface area is 137 Å². The zero-order chi connectivity index (χ0) is 17.0. The lowest BCUT2D eigenvalue weighted by atomic mass is 10.1. The third kappa shape index (κ3) is 3.71. The minimum absolute atomic E-state index is 0.165. The molecule has 24 heavy (non-hydrogen) atoms. The molecule has 0 aliphatic heterocycles. The van der Waals surface area contributed by atoms with Crippen molar-refractivity contribution >= 4 is 5.82 Å². The van der Waals surface area contributed by atoms with Crippen molar-refractivity contribution in [1.29, 1.82) is 0 Å². The second-order valence-electron chi connectivity index (χ2n) is 5.19. The first-order chi connectivity index (χ1) is 11.5. The Kier molecular flexibility index (Phi) is 4.46. The van der Waals surface area contributed by atoms with Gasteiger partial charge in [0, 0.05) is 25.1 Å². The van der Waals surface area contributed by atoms with Gasteiger partial charge in [-0.05, 0) is 34.9 Å². The molecule has 3 nitrogen and oxygen atoms in total. The Morgan fingerprint density at radius 2 is 1.62 bits per heavy atom. The van der Waals surface area contributed by atoms with Crippen LogP contribution in [0.25, 0.3) is 11.1 Å². The molecule has 0 spiro atoms. The molecule has 0 bridgehead atoms. The van der Waals surface area contributed by atoms with E-state index in [2.05, 4.69) is 15.3 Å². The summed E-state index contributed by atoms with van der Waals surface area (Å²) in [6, 6.07) is 13.6. The van der Waals surface area contributed by atoms with Gasteiger partial charge in [0.15, 0.2) is 0 Å². The van der Waals surface area contributed by atoms with Crippen LogP contribution in [-0.2, 0) is 12.7 Å². The van der Waals surface area contributed by atoms with Crippen LogP contribution in [0.2, 0.25) is 0 Å². The van der Waals surface area contributed by atoms with Gasteiger partial charge in [-0.25, -0.2) is 4.98 Å². The molecule has 0 saturated heterocycles. The molecule has 3 aromatic rings. The number of pyridine rings is 2. The number of halogens is 3. The van der Waals surface area contributed by atoms with E-state index in [0.29, 0.717) is 0 Å². The Hall–Kier alpha value is -2.89. The lowest BCUT2D eigenvalue weighted by Crippen LogP contribution is -2.12. The van der Waals surface area contributed by atoms with Crippen molar-refractivity contribution in [1.82, 2.24) is 9.97 Å². The van der Waals surface area contributed by atoms with Gasteiger partial charge in [0.2, 0.25) is 0 Å². The zero-order valence-corrected chi connectivity index (χ0v) is 12.6. The van der Waals surface area contributed by atoms with E-state index in [1.54, 1.807) is 12.4 Å². The summed E-state index contributed by atoms with van der Waals surface area (Å²) in [6.07, 6.45) is 0.369. The topological polar surface area (TPSA) is 37.8 Å². The first-order valence-corrected chi connectivity index (χ1v) is 7.29. The standard InChI is InChI=1S/C18H14F3N3/c19-18(20,21)16-4-2-10-23-17(16)24-11-13-5-7-14(8-6-13)15-3-1-9-22-12-15/h1-10,12H,11H2,(H,23,24). The van der Waals surface area contributed by atoms with E-state index >= 15 is 0 Å². The molecule has 0 fully saturated rings. The maximum Gasteiger partial charge on any atom is 0.419 e. The van der Waals surface area contributed by atoms with E-state index in [4.69, 9.17) is 0 Å². The highest BCUT2D eigenvalue weighted by molar-refractivity contribution is 5.62. The molecule has 6 heteroatoms. The molecule has 122 valence electrons. The molecular formula is C18H14F3N3. The second-order valence-corrected chi connectivity index (χ2v) is 5.19. The second kappa shape index (κ2) is 6.70. The number of rotatable bonds is 4. The molecular weight excluding hydrogens is 315 g/mol. The Bertz CT molecular complexity index is 800. The number of nitrogens with one attached hydrogen (secondary N) is 1. The number of anilines is 1. The van der Waals surface area contributed by atoms with E-state index in [1.165, 1.54) is 12.3 Å². The van der Waals surface area contributed by atoms with Crippen molar-refractivity contribution in [2.24, 2.45) is 0 Å². The summed E-state index contributed by atoms with van der Waals surface area (Å²) in [4.78, 5) is 7.85. The van der Waals surface area contributed by atoms with Crippen molar-refractivity contribution < 1.29 is 13.2 Å². The van der Waals surface area contributed by atoms with Gasteiger partial charge in [-0.1, -0.05) is 30.3 Å². The molecule has 0 saturated carbocycles. The normalized spacial score (nSPS) is 11.3. The summed E-state index contributed by atoms with van der Waals surface area (Å²) in [5.74, 6) is -0.165. The maximum atomic E-state index is 12.9. The quantitative estimate of drug-likeness (QED) is 0.749. The van der Waals surface area contributed by atoms with Crippen LogP contribution in [0, 0.1) is 0 Å². The summed E-state index contributed by atoms with van der Waals surface area (Å²) >= 11 is 0. The van der Waals surface area contributed by atoms with E-state index < -0.39 is 11.7 Å². The molecule has 0 aliphatic carbocycles. The fourth-order valence-electron chi connectivity index (χ4n) is 2.31. The molecule has 0 radical (unpaired) electrons. The predicted octanol–water partition coefficient (Wildman–Crippen LogP) is 4.77. The molecule has 3 rings (SSSR count). The van der Waals surface area contributed by atoms with E-state index in [9.17, 15) is 13.2 Å². The summed E-state index contributed by atoms with van der Waals surface area (Å²) in [5, 5.41) is 2.75. The monoisotopic (exact) mass is 329 g/mol. The Balaban J connectivity index is 1.72. The molecule has 2 aromatic heterocycles. The van der Waals surface area contributed by atoms with E-state index in [1.807, 2.05) is 36.4 Å². The van der Waals surface area contributed by atoms with Crippen LogP contribution < -0.4 is 5.32 Å². The maximum absolute atomic E-state index is 12.9. The zero-order valence-electron chi connectivity index (χ0n) is 12.6. The van der Waals surface area contributed by atoms with Gasteiger partial charge in [-0.15, -0.1) is 0 Å². The Morgan fingerprint density at radius 3 is 2.29 bits per heavy atom. The van der Waals surface area contributed by atoms with Crippen LogP contribution in [0.5, 0.6) is 0 Å². The molecule has 1 aromatic carbocycles. The lowest BCUT2D eigenvalue weighted by molar-refractivity contribution is -0.137. The number of alkyl halides is 3. The molecule has 0 unspecified atom stereocenters. The van der Waals surface area contributed by atoms with Crippen molar-refractivity contribution in [3.8, 4) is 11.1 Å². The van der Waals surface area contributed by atoms with Crippen molar-refractivity contribution in [3.63, 3.8) is 0 Å². The van der Waals surface area contributed by atoms with Gasteiger partial charge in [-0.3, -0.25) is 4.98 Å². The third-order valence-corrected chi connectivity index (χ3v) is 3.52. The van der Waals surface area contributed by atoms with Gasteiger partial charge >= 0.3 is 6.18 Å². The number of aromatic nitrogens is 2. The first kappa shape index (κ1) is 16.0. The van der Waals surface area contributed by atoms with Crippen LogP contribution in [-0.4, -0.2) is 9.97 Å². The van der Waals surface area contributed by atoms with Crippen LogP contribution in [0.15, 0.2) is 67.1 Å². The molecule has 0 atom stereocenters. The molecule has 0 amide bonds. The van der Waals surface area contributed by atoms with Gasteiger partial charge in [0.1, 0.15) is 5.82 Å². The summed E-state index contributed by atoms with van der Waals surface area (Å²) in [7, 11) is 0. The Morgan fingerprint density at radius 1 is 0.875 bits per heavy atom. The van der Waals surface area contributed by atoms with Crippen molar-refractivity contribution in [3.05, 3.63) is 78.2 Å². The fourth-order valence-corrected chi connectivity index (χ4v) is 2.31. The van der Waals surface area contributed by atoms with Gasteiger partial charge < -0.3 is 5.32 Å². The summed E-state index contributed by atoms with van der Waals surface area (Å²) < 4.78 is 38.8.